The number of amides is 1. The summed E-state index contributed by atoms with van der Waals surface area (Å²) in [7, 11) is 0. The molecule has 0 aliphatic carbocycles. The van der Waals surface area contributed by atoms with Gasteiger partial charge in [-0.3, -0.25) is 9.78 Å². The number of nitrogens with zero attached hydrogens (tertiary/aromatic N) is 2. The number of aromatic nitrogens is 1. The molecule has 0 bridgehead atoms. The van der Waals surface area contributed by atoms with Gasteiger partial charge in [0.1, 0.15) is 6.61 Å². The number of benzene rings is 2. The normalized spacial score (nSPS) is 18.7. The molecule has 2 aliphatic heterocycles. The fourth-order valence-electron chi connectivity index (χ4n) is 4.34. The summed E-state index contributed by atoms with van der Waals surface area (Å²) in [4.78, 5) is 19.6. The third kappa shape index (κ3) is 4.02. The van der Waals surface area contributed by atoms with Crippen molar-refractivity contribution in [3.8, 4) is 11.5 Å². The zero-order valence-electron chi connectivity index (χ0n) is 17.7. The Morgan fingerprint density at radius 3 is 2.65 bits per heavy atom. The molecule has 160 valence electrons. The monoisotopic (exact) mass is 417 g/mol. The Hall–Kier alpha value is -3.28. The van der Waals surface area contributed by atoms with E-state index in [0.717, 1.165) is 41.5 Å². The highest BCUT2D eigenvalue weighted by atomic mass is 16.6. The molecule has 31 heavy (non-hydrogen) atoms. The molecule has 1 saturated heterocycles. The van der Waals surface area contributed by atoms with Crippen LogP contribution in [0.25, 0.3) is 10.9 Å². The smallest absolute Gasteiger partial charge is 0.267 e. The summed E-state index contributed by atoms with van der Waals surface area (Å²) < 4.78 is 11.6. The van der Waals surface area contributed by atoms with E-state index in [2.05, 4.69) is 30.4 Å². The number of anilines is 1. The first-order valence-electron chi connectivity index (χ1n) is 11.0. The van der Waals surface area contributed by atoms with Gasteiger partial charge in [0.15, 0.2) is 11.5 Å². The van der Waals surface area contributed by atoms with E-state index in [4.69, 9.17) is 14.5 Å². The molecule has 6 nitrogen and oxygen atoms in total. The van der Waals surface area contributed by atoms with Gasteiger partial charge >= 0.3 is 0 Å². The number of hydrogen-bond acceptors (Lipinski definition) is 5. The van der Waals surface area contributed by atoms with Crippen LogP contribution >= 0.6 is 0 Å². The molecule has 2 aliphatic rings. The molecule has 3 aromatic rings. The van der Waals surface area contributed by atoms with Crippen molar-refractivity contribution in [3.05, 3.63) is 60.3 Å². The highest BCUT2D eigenvalue weighted by Gasteiger charge is 2.33. The minimum Gasteiger partial charge on any atom is -0.485 e. The molecule has 1 amide bonds. The topological polar surface area (TPSA) is 63.7 Å². The van der Waals surface area contributed by atoms with Crippen LogP contribution in [0.2, 0.25) is 0 Å². The van der Waals surface area contributed by atoms with E-state index in [-0.39, 0.29) is 12.5 Å². The average Bonchev–Trinajstić information content (AvgIpc) is 2.83. The minimum atomic E-state index is -0.573. The van der Waals surface area contributed by atoms with Crippen molar-refractivity contribution in [3.63, 3.8) is 0 Å². The van der Waals surface area contributed by atoms with Gasteiger partial charge in [-0.15, -0.1) is 0 Å². The predicted octanol–water partition coefficient (Wildman–Crippen LogP) is 4.04. The summed E-state index contributed by atoms with van der Waals surface area (Å²) in [6.07, 6.45) is 2.12. The Morgan fingerprint density at radius 1 is 1.10 bits per heavy atom. The molecule has 1 N–H and O–H groups in total. The molecule has 0 saturated carbocycles. The van der Waals surface area contributed by atoms with Crippen molar-refractivity contribution in [1.29, 1.82) is 0 Å². The first-order chi connectivity index (χ1) is 15.2. The molecular formula is C25H27N3O3. The van der Waals surface area contributed by atoms with Crippen molar-refractivity contribution in [2.45, 2.75) is 38.3 Å². The fourth-order valence-corrected chi connectivity index (χ4v) is 4.34. The van der Waals surface area contributed by atoms with E-state index >= 15 is 0 Å². The van der Waals surface area contributed by atoms with Gasteiger partial charge in [-0.25, -0.2) is 0 Å². The van der Waals surface area contributed by atoms with Gasteiger partial charge in [0, 0.05) is 35.9 Å². The second-order valence-corrected chi connectivity index (χ2v) is 8.14. The van der Waals surface area contributed by atoms with Crippen LogP contribution in [0.5, 0.6) is 11.5 Å². The summed E-state index contributed by atoms with van der Waals surface area (Å²) in [5, 5.41) is 4.86. The van der Waals surface area contributed by atoms with Crippen molar-refractivity contribution in [2.24, 2.45) is 0 Å². The molecular weight excluding hydrogens is 390 g/mol. The lowest BCUT2D eigenvalue weighted by atomic mass is 10.0. The highest BCUT2D eigenvalue weighted by molar-refractivity contribution is 5.91. The largest absolute Gasteiger partial charge is 0.485 e. The van der Waals surface area contributed by atoms with E-state index in [1.807, 2.05) is 41.3 Å². The van der Waals surface area contributed by atoms with Crippen LogP contribution < -0.4 is 14.8 Å². The molecule has 1 unspecified atom stereocenters. The number of fused-ring (bicyclic) bond motifs is 2. The van der Waals surface area contributed by atoms with Crippen LogP contribution in [-0.2, 0) is 11.2 Å². The van der Waals surface area contributed by atoms with Crippen molar-refractivity contribution in [1.82, 2.24) is 9.88 Å². The number of ether oxygens (including phenoxy) is 2. The Balaban J connectivity index is 1.22. The summed E-state index contributed by atoms with van der Waals surface area (Å²) in [6, 6.07) is 18.2. The summed E-state index contributed by atoms with van der Waals surface area (Å²) in [6.45, 7) is 3.81. The van der Waals surface area contributed by atoms with Crippen LogP contribution in [0.3, 0.4) is 0 Å². The van der Waals surface area contributed by atoms with Crippen LogP contribution in [0.15, 0.2) is 54.6 Å². The summed E-state index contributed by atoms with van der Waals surface area (Å²) in [5.74, 6) is 1.35. The summed E-state index contributed by atoms with van der Waals surface area (Å²) >= 11 is 0. The van der Waals surface area contributed by atoms with Gasteiger partial charge in [-0.2, -0.15) is 0 Å². The number of para-hydroxylation sites is 3. The van der Waals surface area contributed by atoms with Gasteiger partial charge in [-0.05, 0) is 43.5 Å². The Bertz CT molecular complexity index is 1090. The molecule has 0 radical (unpaired) electrons. The second kappa shape index (κ2) is 8.46. The number of carbonyl (C=O) groups is 1. The number of hydrogen-bond donors (Lipinski definition) is 1. The zero-order valence-corrected chi connectivity index (χ0v) is 17.7. The lowest BCUT2D eigenvalue weighted by Crippen LogP contribution is -2.50. The average molecular weight is 418 g/mol. The molecule has 5 rings (SSSR count). The van der Waals surface area contributed by atoms with Crippen molar-refractivity contribution in [2.75, 3.05) is 25.0 Å². The molecule has 6 heteroatoms. The number of carbonyl (C=O) groups excluding carboxylic acids is 1. The Morgan fingerprint density at radius 2 is 1.84 bits per heavy atom. The zero-order chi connectivity index (χ0) is 21.2. The Labute approximate surface area is 182 Å². The standard InChI is InChI=1S/C25H27N3O3/c1-2-17-15-21(19-7-3-4-8-20(19)26-17)27-18-11-13-28(14-12-18)25(29)24-16-30-22-9-5-6-10-23(22)31-24/h3-10,15,18,24H,2,11-14,16H2,1H3,(H,26,27). The third-order valence-electron chi connectivity index (χ3n) is 6.08. The highest BCUT2D eigenvalue weighted by Crippen LogP contribution is 2.32. The SMILES string of the molecule is CCc1cc(NC2CCN(C(=O)C3COc4ccccc4O3)CC2)c2ccccc2n1. The van der Waals surface area contributed by atoms with Crippen LogP contribution in [0.4, 0.5) is 5.69 Å². The van der Waals surface area contributed by atoms with E-state index in [9.17, 15) is 4.79 Å². The maximum Gasteiger partial charge on any atom is 0.267 e. The molecule has 1 atom stereocenters. The third-order valence-corrected chi connectivity index (χ3v) is 6.08. The number of rotatable bonds is 4. The van der Waals surface area contributed by atoms with Gasteiger partial charge < -0.3 is 19.7 Å². The fraction of sp³-hybridized carbons (Fsp3) is 0.360. The minimum absolute atomic E-state index is 0.00980. The lowest BCUT2D eigenvalue weighted by Gasteiger charge is -2.36. The maximum absolute atomic E-state index is 13.0. The first-order valence-corrected chi connectivity index (χ1v) is 11.0. The van der Waals surface area contributed by atoms with Gasteiger partial charge in [0.25, 0.3) is 5.91 Å². The van der Waals surface area contributed by atoms with E-state index in [1.54, 1.807) is 0 Å². The number of piperidine rings is 1. The summed E-state index contributed by atoms with van der Waals surface area (Å²) in [5.41, 5.74) is 3.24. The number of likely N-dealkylation sites (tertiary alicyclic amines) is 1. The van der Waals surface area contributed by atoms with E-state index in [0.29, 0.717) is 30.6 Å². The molecule has 1 aromatic heterocycles. The second-order valence-electron chi connectivity index (χ2n) is 8.14. The predicted molar refractivity (Wildman–Crippen MR) is 121 cm³/mol. The number of aryl methyl sites for hydroxylation is 1. The van der Waals surface area contributed by atoms with Gasteiger partial charge in [0.2, 0.25) is 6.10 Å². The molecule has 2 aromatic carbocycles. The van der Waals surface area contributed by atoms with Crippen LogP contribution in [0, 0.1) is 0 Å². The van der Waals surface area contributed by atoms with Gasteiger partial charge in [0.05, 0.1) is 5.52 Å². The van der Waals surface area contributed by atoms with E-state index in [1.165, 1.54) is 0 Å². The number of nitrogens with one attached hydrogen (secondary N) is 1. The Kier molecular flexibility index (Phi) is 5.37. The molecule has 1 fully saturated rings. The number of pyridine rings is 1. The van der Waals surface area contributed by atoms with Crippen molar-refractivity contribution >= 4 is 22.5 Å². The van der Waals surface area contributed by atoms with Gasteiger partial charge in [-0.1, -0.05) is 37.3 Å². The quantitative estimate of drug-likeness (QED) is 0.694. The molecule has 0 spiro atoms. The lowest BCUT2D eigenvalue weighted by molar-refractivity contribution is -0.142. The first kappa shape index (κ1) is 19.7. The molecule has 3 heterocycles. The maximum atomic E-state index is 13.0. The van der Waals surface area contributed by atoms with Crippen molar-refractivity contribution < 1.29 is 14.3 Å². The van der Waals surface area contributed by atoms with Crippen LogP contribution in [-0.4, -0.2) is 47.6 Å². The van der Waals surface area contributed by atoms with E-state index < -0.39 is 6.10 Å². The van der Waals surface area contributed by atoms with Crippen LogP contribution in [0.1, 0.15) is 25.5 Å².